The lowest BCUT2D eigenvalue weighted by molar-refractivity contribution is -0.123. The number of primary sulfonamides is 1. The number of nitrogens with zero attached hydrogens (tertiary/aromatic N) is 2. The molecule has 6 rings (SSSR count). The number of benzene rings is 1. The number of hydrogen-bond acceptors (Lipinski definition) is 5. The summed E-state index contributed by atoms with van der Waals surface area (Å²) < 4.78 is 25.1. The van der Waals surface area contributed by atoms with Gasteiger partial charge in [0.25, 0.3) is 0 Å². The van der Waals surface area contributed by atoms with Crippen molar-refractivity contribution in [2.45, 2.75) is 61.5 Å². The molecule has 0 saturated heterocycles. The van der Waals surface area contributed by atoms with Crippen molar-refractivity contribution in [1.29, 1.82) is 0 Å². The minimum absolute atomic E-state index is 0.0329. The molecule has 168 valence electrons. The monoisotopic (exact) mass is 462 g/mol. The molecular formula is C22H30N4O3S2. The standard InChI is InChI=1S/C22H30N4O3S2/c1-13(22-9-14-5-15(10-22)7-16(6-14)11-22)24-20(27)12-30-21-25-18-8-17(31(23,28)29)3-4-19(18)26(21)2/h3-4,8,13-16H,5-7,9-12H2,1-2H3,(H,24,27)(H2,23,28,29)/t13-,14?,15?,16?,22?/m1/s1. The quantitative estimate of drug-likeness (QED) is 0.642. The van der Waals surface area contributed by atoms with Crippen LogP contribution in [0.5, 0.6) is 0 Å². The van der Waals surface area contributed by atoms with Crippen LogP contribution in [-0.2, 0) is 21.9 Å². The van der Waals surface area contributed by atoms with Crippen molar-refractivity contribution in [2.24, 2.45) is 35.4 Å². The topological polar surface area (TPSA) is 107 Å². The maximum Gasteiger partial charge on any atom is 0.238 e. The van der Waals surface area contributed by atoms with E-state index in [4.69, 9.17) is 5.14 Å². The fourth-order valence-electron chi connectivity index (χ4n) is 6.74. The molecule has 1 aromatic heterocycles. The van der Waals surface area contributed by atoms with Gasteiger partial charge in [-0.1, -0.05) is 11.8 Å². The van der Waals surface area contributed by atoms with E-state index in [-0.39, 0.29) is 28.0 Å². The van der Waals surface area contributed by atoms with Crippen molar-refractivity contribution in [2.75, 3.05) is 5.75 Å². The molecule has 0 aliphatic heterocycles. The Labute approximate surface area is 187 Å². The van der Waals surface area contributed by atoms with E-state index in [2.05, 4.69) is 17.2 Å². The number of hydrogen-bond donors (Lipinski definition) is 2. The highest BCUT2D eigenvalue weighted by atomic mass is 32.2. The molecular weight excluding hydrogens is 432 g/mol. The van der Waals surface area contributed by atoms with E-state index < -0.39 is 10.0 Å². The summed E-state index contributed by atoms with van der Waals surface area (Å²) in [6.45, 7) is 2.19. The molecule has 0 radical (unpaired) electrons. The first-order chi connectivity index (χ1) is 14.6. The van der Waals surface area contributed by atoms with Crippen LogP contribution < -0.4 is 10.5 Å². The molecule has 31 heavy (non-hydrogen) atoms. The van der Waals surface area contributed by atoms with Crippen molar-refractivity contribution in [3.8, 4) is 0 Å². The average Bonchev–Trinajstić information content (AvgIpc) is 3.00. The van der Waals surface area contributed by atoms with Crippen LogP contribution in [0.3, 0.4) is 0 Å². The van der Waals surface area contributed by atoms with Crippen molar-refractivity contribution >= 4 is 38.7 Å². The van der Waals surface area contributed by atoms with Crippen molar-refractivity contribution in [3.63, 3.8) is 0 Å². The SMILES string of the molecule is C[C@@H](NC(=O)CSc1nc2cc(S(N)(=O)=O)ccc2n1C)C12CC3CC(CC(C3)C1)C2. The van der Waals surface area contributed by atoms with Crippen molar-refractivity contribution in [3.05, 3.63) is 18.2 Å². The molecule has 4 aliphatic rings. The number of nitrogens with one attached hydrogen (secondary N) is 1. The number of aromatic nitrogens is 2. The summed E-state index contributed by atoms with van der Waals surface area (Å²) in [6, 6.07) is 4.85. The summed E-state index contributed by atoms with van der Waals surface area (Å²) in [5.41, 5.74) is 1.65. The zero-order chi connectivity index (χ0) is 22.0. The molecule has 4 aliphatic carbocycles. The molecule has 1 amide bonds. The zero-order valence-corrected chi connectivity index (χ0v) is 19.6. The third kappa shape index (κ3) is 3.89. The molecule has 4 fully saturated rings. The molecule has 1 aromatic carbocycles. The smallest absolute Gasteiger partial charge is 0.238 e. The predicted molar refractivity (Wildman–Crippen MR) is 121 cm³/mol. The zero-order valence-electron chi connectivity index (χ0n) is 18.0. The highest BCUT2D eigenvalue weighted by Gasteiger charge is 2.53. The fourth-order valence-corrected chi connectivity index (χ4v) is 8.07. The first-order valence-corrected chi connectivity index (χ1v) is 13.6. The van der Waals surface area contributed by atoms with Gasteiger partial charge in [-0.25, -0.2) is 18.5 Å². The lowest BCUT2D eigenvalue weighted by Gasteiger charge is -2.59. The summed E-state index contributed by atoms with van der Waals surface area (Å²) in [4.78, 5) is 17.3. The van der Waals surface area contributed by atoms with E-state index >= 15 is 0 Å². The van der Waals surface area contributed by atoms with Gasteiger partial charge in [0.2, 0.25) is 15.9 Å². The first-order valence-electron chi connectivity index (χ1n) is 11.0. The Morgan fingerprint density at radius 3 is 2.45 bits per heavy atom. The van der Waals surface area contributed by atoms with Gasteiger partial charge in [-0.2, -0.15) is 0 Å². The van der Waals surface area contributed by atoms with Crippen molar-refractivity contribution in [1.82, 2.24) is 14.9 Å². The highest BCUT2D eigenvalue weighted by molar-refractivity contribution is 7.99. The van der Waals surface area contributed by atoms with Gasteiger partial charge in [-0.15, -0.1) is 0 Å². The van der Waals surface area contributed by atoms with E-state index in [0.717, 1.165) is 23.3 Å². The number of carbonyl (C=O) groups excluding carboxylic acids is 1. The molecule has 0 unspecified atom stereocenters. The summed E-state index contributed by atoms with van der Waals surface area (Å²) in [7, 11) is -1.91. The second kappa shape index (κ2) is 7.49. The van der Waals surface area contributed by atoms with Gasteiger partial charge in [-0.3, -0.25) is 4.79 Å². The lowest BCUT2D eigenvalue weighted by Crippen LogP contribution is -2.56. The number of imidazole rings is 1. The largest absolute Gasteiger partial charge is 0.352 e. The molecule has 4 bridgehead atoms. The second-order valence-electron chi connectivity index (χ2n) is 10.0. The number of amides is 1. The summed E-state index contributed by atoms with van der Waals surface area (Å²) in [5, 5.41) is 9.20. The number of sulfonamides is 1. The molecule has 4 saturated carbocycles. The van der Waals surface area contributed by atoms with Crippen LogP contribution in [0.4, 0.5) is 0 Å². The van der Waals surface area contributed by atoms with Gasteiger partial charge in [0.05, 0.1) is 21.7 Å². The number of carbonyl (C=O) groups is 1. The maximum atomic E-state index is 12.8. The van der Waals surface area contributed by atoms with Crippen LogP contribution in [-0.4, -0.2) is 35.7 Å². The molecule has 1 atom stereocenters. The number of fused-ring (bicyclic) bond motifs is 1. The number of aryl methyl sites for hydroxylation is 1. The Balaban J connectivity index is 1.24. The van der Waals surface area contributed by atoms with Crippen LogP contribution >= 0.6 is 11.8 Å². The van der Waals surface area contributed by atoms with Crippen LogP contribution in [0.15, 0.2) is 28.3 Å². The minimum Gasteiger partial charge on any atom is -0.352 e. The number of thioether (sulfide) groups is 1. The van der Waals surface area contributed by atoms with Gasteiger partial charge >= 0.3 is 0 Å². The Kier molecular flexibility index (Phi) is 5.14. The van der Waals surface area contributed by atoms with E-state index in [9.17, 15) is 13.2 Å². The van der Waals surface area contributed by atoms with E-state index in [1.807, 2.05) is 11.6 Å². The third-order valence-electron chi connectivity index (χ3n) is 7.85. The molecule has 9 heteroatoms. The van der Waals surface area contributed by atoms with Crippen LogP contribution in [0.1, 0.15) is 45.4 Å². The van der Waals surface area contributed by atoms with E-state index in [0.29, 0.717) is 10.7 Å². The second-order valence-corrected chi connectivity index (χ2v) is 12.5. The third-order valence-corrected chi connectivity index (χ3v) is 9.79. The molecule has 3 N–H and O–H groups in total. The summed E-state index contributed by atoms with van der Waals surface area (Å²) in [6.07, 6.45) is 8.00. The number of rotatable bonds is 6. The molecule has 1 heterocycles. The van der Waals surface area contributed by atoms with Crippen molar-refractivity contribution < 1.29 is 13.2 Å². The van der Waals surface area contributed by atoms with E-state index in [1.165, 1.54) is 62.4 Å². The number of nitrogens with two attached hydrogens (primary N) is 1. The average molecular weight is 463 g/mol. The Morgan fingerprint density at radius 2 is 1.87 bits per heavy atom. The summed E-state index contributed by atoms with van der Waals surface area (Å²) in [5.74, 6) is 2.91. The fraction of sp³-hybridized carbons (Fsp3) is 0.636. The van der Waals surface area contributed by atoms with E-state index in [1.54, 1.807) is 6.07 Å². The Hall–Kier alpha value is -1.58. The molecule has 7 nitrogen and oxygen atoms in total. The maximum absolute atomic E-state index is 12.8. The molecule has 2 aromatic rings. The highest BCUT2D eigenvalue weighted by Crippen LogP contribution is 2.61. The first kappa shape index (κ1) is 21.3. The van der Waals surface area contributed by atoms with Gasteiger partial charge < -0.3 is 9.88 Å². The van der Waals surface area contributed by atoms with Crippen LogP contribution in [0.25, 0.3) is 11.0 Å². The van der Waals surface area contributed by atoms with Gasteiger partial charge in [0.15, 0.2) is 5.16 Å². The Morgan fingerprint density at radius 1 is 1.26 bits per heavy atom. The van der Waals surface area contributed by atoms with Gasteiger partial charge in [-0.05, 0) is 86.8 Å². The predicted octanol–water partition coefficient (Wildman–Crippen LogP) is 3.03. The van der Waals surface area contributed by atoms with Gasteiger partial charge in [0, 0.05) is 13.1 Å². The molecule has 0 spiro atoms. The lowest BCUT2D eigenvalue weighted by atomic mass is 9.48. The Bertz CT molecular complexity index is 1110. The van der Waals surface area contributed by atoms with Crippen LogP contribution in [0.2, 0.25) is 0 Å². The van der Waals surface area contributed by atoms with Crippen LogP contribution in [0, 0.1) is 23.2 Å². The van der Waals surface area contributed by atoms with Gasteiger partial charge in [0.1, 0.15) is 0 Å². The summed E-state index contributed by atoms with van der Waals surface area (Å²) >= 11 is 1.37. The normalized spacial score (nSPS) is 30.6. The minimum atomic E-state index is -3.78.